The topological polar surface area (TPSA) is 86.3 Å². The maximum atomic E-state index is 12.2. The van der Waals surface area contributed by atoms with Crippen molar-refractivity contribution in [2.45, 2.75) is 38.9 Å². The zero-order valence-electron chi connectivity index (χ0n) is 16.1. The molecule has 1 aromatic carbocycles. The highest BCUT2D eigenvalue weighted by Gasteiger charge is 2.28. The van der Waals surface area contributed by atoms with E-state index in [-0.39, 0.29) is 12.3 Å². The van der Waals surface area contributed by atoms with E-state index in [1.807, 2.05) is 25.3 Å². The Balaban J connectivity index is 1.91. The van der Waals surface area contributed by atoms with Crippen molar-refractivity contribution in [1.29, 1.82) is 0 Å². The quantitative estimate of drug-likeness (QED) is 0.510. The Morgan fingerprint density at radius 1 is 1.19 bits per heavy atom. The molecule has 2 rings (SSSR count). The molecule has 0 amide bonds. The van der Waals surface area contributed by atoms with E-state index in [0.717, 1.165) is 25.0 Å². The van der Waals surface area contributed by atoms with E-state index in [0.29, 0.717) is 5.96 Å². The van der Waals surface area contributed by atoms with E-state index in [4.69, 9.17) is 0 Å². The summed E-state index contributed by atoms with van der Waals surface area (Å²) in [6, 6.07) is 8.22. The Morgan fingerprint density at radius 2 is 1.92 bits per heavy atom. The summed E-state index contributed by atoms with van der Waals surface area (Å²) < 4.78 is 23.6. The van der Waals surface area contributed by atoms with Gasteiger partial charge in [0.1, 0.15) is 0 Å². The van der Waals surface area contributed by atoms with Gasteiger partial charge in [-0.2, -0.15) is 0 Å². The van der Waals surface area contributed by atoms with Crippen LogP contribution in [0, 0.1) is 0 Å². The minimum absolute atomic E-state index is 0.0511. The van der Waals surface area contributed by atoms with Crippen molar-refractivity contribution in [3.8, 4) is 0 Å². The highest BCUT2D eigenvalue weighted by molar-refractivity contribution is 7.92. The summed E-state index contributed by atoms with van der Waals surface area (Å²) in [6.07, 6.45) is 2.89. The Kier molecular flexibility index (Phi) is 6.69. The number of sulfone groups is 1. The summed E-state index contributed by atoms with van der Waals surface area (Å²) in [4.78, 5) is 7.68. The molecular weight excluding hydrogens is 348 g/mol. The molecule has 144 valence electrons. The lowest BCUT2D eigenvalue weighted by molar-refractivity contribution is 0.560. The van der Waals surface area contributed by atoms with Gasteiger partial charge >= 0.3 is 0 Å². The molecule has 0 aliphatic heterocycles. The fourth-order valence-corrected chi connectivity index (χ4v) is 3.52. The van der Waals surface area contributed by atoms with Crippen LogP contribution >= 0.6 is 0 Å². The number of H-pyrrole nitrogens is 1. The van der Waals surface area contributed by atoms with Crippen LogP contribution in [-0.2, 0) is 16.3 Å². The number of nitrogens with one attached hydrogen (secondary N) is 3. The van der Waals surface area contributed by atoms with Gasteiger partial charge in [0, 0.05) is 30.2 Å². The highest BCUT2D eigenvalue weighted by Crippen LogP contribution is 2.17. The van der Waals surface area contributed by atoms with E-state index in [1.165, 1.54) is 10.9 Å². The number of fused-ring (bicyclic) bond motifs is 1. The Hall–Kier alpha value is -2.02. The lowest BCUT2D eigenvalue weighted by Crippen LogP contribution is -2.39. The van der Waals surface area contributed by atoms with Crippen LogP contribution < -0.4 is 10.6 Å². The first kappa shape index (κ1) is 20.3. The number of aromatic amines is 1. The van der Waals surface area contributed by atoms with Crippen molar-refractivity contribution in [1.82, 2.24) is 15.6 Å². The molecule has 0 aliphatic rings. The lowest BCUT2D eigenvalue weighted by Gasteiger charge is -2.18. The third kappa shape index (κ3) is 5.24. The summed E-state index contributed by atoms with van der Waals surface area (Å²) in [5.41, 5.74) is 2.38. The van der Waals surface area contributed by atoms with Crippen LogP contribution in [0.2, 0.25) is 0 Å². The van der Waals surface area contributed by atoms with Gasteiger partial charge < -0.3 is 15.6 Å². The maximum Gasteiger partial charge on any atom is 0.191 e. The third-order valence-corrected chi connectivity index (χ3v) is 6.85. The van der Waals surface area contributed by atoms with Gasteiger partial charge in [-0.15, -0.1) is 0 Å². The minimum atomic E-state index is -3.16. The first-order valence-electron chi connectivity index (χ1n) is 9.04. The Morgan fingerprint density at radius 3 is 2.62 bits per heavy atom. The normalized spacial score (nSPS) is 13.2. The molecule has 0 bridgehead atoms. The molecule has 1 heterocycles. The first-order chi connectivity index (χ1) is 12.2. The Bertz CT molecular complexity index is 848. The van der Waals surface area contributed by atoms with Crippen LogP contribution in [0.1, 0.15) is 33.3 Å². The van der Waals surface area contributed by atoms with Crippen LogP contribution in [0.15, 0.2) is 35.5 Å². The second-order valence-corrected chi connectivity index (χ2v) is 10.1. The molecular formula is C19H30N4O2S. The molecule has 1 aromatic heterocycles. The van der Waals surface area contributed by atoms with Crippen LogP contribution in [-0.4, -0.2) is 49.5 Å². The molecule has 0 spiro atoms. The molecule has 3 N–H and O–H groups in total. The van der Waals surface area contributed by atoms with E-state index in [1.54, 1.807) is 20.8 Å². The standard InChI is InChI=1S/C19H30N4O2S/c1-5-20-18(22-12-13-26(24,25)19(2,3)4)21-11-10-15-14-23-17-9-7-6-8-16(15)17/h6-9,14,23H,5,10-13H2,1-4H3,(H2,20,21,22). The van der Waals surface area contributed by atoms with Crippen molar-refractivity contribution in [3.05, 3.63) is 36.0 Å². The van der Waals surface area contributed by atoms with Gasteiger partial charge in [-0.25, -0.2) is 8.42 Å². The third-order valence-electron chi connectivity index (χ3n) is 4.27. The number of aliphatic imine (C=N–C) groups is 1. The van der Waals surface area contributed by atoms with E-state index in [9.17, 15) is 8.42 Å². The molecule has 0 saturated carbocycles. The average Bonchev–Trinajstić information content (AvgIpc) is 2.97. The number of rotatable bonds is 7. The number of guanidine groups is 1. The number of para-hydroxylation sites is 1. The van der Waals surface area contributed by atoms with Crippen molar-refractivity contribution in [2.24, 2.45) is 4.99 Å². The Labute approximate surface area is 156 Å². The van der Waals surface area contributed by atoms with E-state index in [2.05, 4.69) is 32.7 Å². The number of nitrogens with zero attached hydrogens (tertiary/aromatic N) is 1. The summed E-state index contributed by atoms with van der Waals surface area (Å²) in [6.45, 7) is 8.85. The molecule has 0 radical (unpaired) electrons. The van der Waals surface area contributed by atoms with E-state index < -0.39 is 14.6 Å². The smallest absolute Gasteiger partial charge is 0.191 e. The predicted molar refractivity (Wildman–Crippen MR) is 110 cm³/mol. The molecule has 2 aromatic rings. The minimum Gasteiger partial charge on any atom is -0.361 e. The van der Waals surface area contributed by atoms with Crippen molar-refractivity contribution in [3.63, 3.8) is 0 Å². The molecule has 0 unspecified atom stereocenters. The largest absolute Gasteiger partial charge is 0.361 e. The average molecular weight is 379 g/mol. The maximum absolute atomic E-state index is 12.2. The second kappa shape index (κ2) is 8.58. The second-order valence-electron chi connectivity index (χ2n) is 7.23. The van der Waals surface area contributed by atoms with Crippen LogP contribution in [0.3, 0.4) is 0 Å². The lowest BCUT2D eigenvalue weighted by atomic mass is 10.1. The molecule has 0 aliphatic carbocycles. The zero-order valence-corrected chi connectivity index (χ0v) is 16.9. The zero-order chi connectivity index (χ0) is 19.2. The fraction of sp³-hybridized carbons (Fsp3) is 0.526. The first-order valence-corrected chi connectivity index (χ1v) is 10.7. The van der Waals surface area contributed by atoms with Crippen molar-refractivity contribution < 1.29 is 8.42 Å². The van der Waals surface area contributed by atoms with Gasteiger partial charge in [0.05, 0.1) is 17.0 Å². The van der Waals surface area contributed by atoms with Crippen LogP contribution in [0.5, 0.6) is 0 Å². The monoisotopic (exact) mass is 378 g/mol. The molecule has 7 heteroatoms. The summed E-state index contributed by atoms with van der Waals surface area (Å²) in [7, 11) is -3.16. The van der Waals surface area contributed by atoms with Gasteiger partial charge in [-0.3, -0.25) is 4.99 Å². The SMILES string of the molecule is CCNC(=NCCS(=O)(=O)C(C)(C)C)NCCc1c[nH]c2ccccc12. The van der Waals surface area contributed by atoms with Crippen molar-refractivity contribution >= 4 is 26.7 Å². The van der Waals surface area contributed by atoms with Gasteiger partial charge in [-0.1, -0.05) is 18.2 Å². The van der Waals surface area contributed by atoms with Gasteiger partial charge in [0.25, 0.3) is 0 Å². The predicted octanol–water partition coefficient (Wildman–Crippen LogP) is 2.48. The molecule has 0 fully saturated rings. The van der Waals surface area contributed by atoms with Gasteiger partial charge in [-0.05, 0) is 45.7 Å². The molecule has 0 atom stereocenters. The van der Waals surface area contributed by atoms with Crippen molar-refractivity contribution in [2.75, 3.05) is 25.4 Å². The summed E-state index contributed by atoms with van der Waals surface area (Å²) in [5.74, 6) is 0.701. The molecule has 0 saturated heterocycles. The number of hydrogen-bond acceptors (Lipinski definition) is 3. The van der Waals surface area contributed by atoms with Gasteiger partial charge in [0.15, 0.2) is 15.8 Å². The molecule has 6 nitrogen and oxygen atoms in total. The number of benzene rings is 1. The van der Waals surface area contributed by atoms with Crippen LogP contribution in [0.25, 0.3) is 10.9 Å². The summed E-state index contributed by atoms with van der Waals surface area (Å²) in [5, 5.41) is 7.67. The van der Waals surface area contributed by atoms with Gasteiger partial charge in [0.2, 0.25) is 0 Å². The fourth-order valence-electron chi connectivity index (χ4n) is 2.58. The highest BCUT2D eigenvalue weighted by atomic mass is 32.2. The molecule has 26 heavy (non-hydrogen) atoms. The van der Waals surface area contributed by atoms with E-state index >= 15 is 0 Å². The summed E-state index contributed by atoms with van der Waals surface area (Å²) >= 11 is 0. The van der Waals surface area contributed by atoms with Crippen LogP contribution in [0.4, 0.5) is 0 Å². The number of hydrogen-bond donors (Lipinski definition) is 3. The number of aromatic nitrogens is 1.